The highest BCUT2D eigenvalue weighted by atomic mass is 32.2. The van der Waals surface area contributed by atoms with Crippen LogP contribution in [0, 0.1) is 0 Å². The number of aromatic nitrogens is 6. The van der Waals surface area contributed by atoms with Gasteiger partial charge in [-0.15, -0.1) is 0 Å². The molecule has 212 valence electrons. The van der Waals surface area contributed by atoms with Gasteiger partial charge in [0.05, 0.1) is 23.0 Å². The summed E-state index contributed by atoms with van der Waals surface area (Å²) in [6.07, 6.45) is 3.78. The van der Waals surface area contributed by atoms with Gasteiger partial charge in [0.15, 0.2) is 15.4 Å². The van der Waals surface area contributed by atoms with Crippen molar-refractivity contribution in [3.8, 4) is 28.6 Å². The molecule has 5 rings (SSSR count). The van der Waals surface area contributed by atoms with E-state index in [9.17, 15) is 17.2 Å². The maximum atomic E-state index is 12.8. The number of rotatable bonds is 10. The molecule has 3 heterocycles. The summed E-state index contributed by atoms with van der Waals surface area (Å²) in [5.41, 5.74) is 3.45. The largest absolute Gasteiger partial charge is 0.473 e. The number of benzene rings is 2. The summed E-state index contributed by atoms with van der Waals surface area (Å²) >= 11 is 0. The van der Waals surface area contributed by atoms with Crippen molar-refractivity contribution in [2.45, 2.75) is 38.0 Å². The number of pyridine rings is 1. The second-order valence-corrected chi connectivity index (χ2v) is 11.2. The topological polar surface area (TPSA) is 134 Å². The molecule has 1 N–H and O–H groups in total. The van der Waals surface area contributed by atoms with Gasteiger partial charge in [0.25, 0.3) is 0 Å². The zero-order valence-corrected chi connectivity index (χ0v) is 23.0. The van der Waals surface area contributed by atoms with E-state index < -0.39 is 22.2 Å². The Morgan fingerprint density at radius 1 is 0.976 bits per heavy atom. The van der Waals surface area contributed by atoms with Crippen molar-refractivity contribution in [1.29, 1.82) is 0 Å². The van der Waals surface area contributed by atoms with Crippen molar-refractivity contribution in [2.24, 2.45) is 0 Å². The first-order chi connectivity index (χ1) is 19.6. The van der Waals surface area contributed by atoms with Gasteiger partial charge in [-0.05, 0) is 61.9 Å². The fourth-order valence-electron chi connectivity index (χ4n) is 3.97. The molecule has 0 spiro atoms. The number of hydrogen-bond donors (Lipinski definition) is 1. The number of halogens is 2. The fourth-order valence-corrected chi connectivity index (χ4v) is 4.80. The summed E-state index contributed by atoms with van der Waals surface area (Å²) in [6.45, 7) is 0.968. The highest BCUT2D eigenvalue weighted by Gasteiger charge is 2.20. The summed E-state index contributed by atoms with van der Waals surface area (Å²) in [4.78, 5) is 17.3. The van der Waals surface area contributed by atoms with Gasteiger partial charge >= 0.3 is 6.61 Å². The molecule has 0 radical (unpaired) electrons. The van der Waals surface area contributed by atoms with Crippen LogP contribution in [0.25, 0.3) is 28.0 Å². The first-order valence-electron chi connectivity index (χ1n) is 12.4. The van der Waals surface area contributed by atoms with Crippen molar-refractivity contribution in [2.75, 3.05) is 11.6 Å². The minimum Gasteiger partial charge on any atom is -0.473 e. The number of anilines is 1. The minimum atomic E-state index is -3.88. The Morgan fingerprint density at radius 3 is 2.41 bits per heavy atom. The summed E-state index contributed by atoms with van der Waals surface area (Å²) in [5.74, 6) is 0.121. The zero-order chi connectivity index (χ0) is 29.1. The van der Waals surface area contributed by atoms with Crippen molar-refractivity contribution in [3.05, 3.63) is 72.8 Å². The molecule has 0 saturated heterocycles. The van der Waals surface area contributed by atoms with Crippen molar-refractivity contribution in [3.63, 3.8) is 0 Å². The van der Waals surface area contributed by atoms with Crippen LogP contribution in [0.2, 0.25) is 0 Å². The number of sulfone groups is 1. The zero-order valence-electron chi connectivity index (χ0n) is 22.2. The van der Waals surface area contributed by atoms with E-state index >= 15 is 0 Å². The van der Waals surface area contributed by atoms with Gasteiger partial charge < -0.3 is 14.8 Å². The van der Waals surface area contributed by atoms with Crippen LogP contribution in [-0.2, 0) is 16.4 Å². The number of hydrogen-bond acceptors (Lipinski definition) is 10. The molecule has 14 heteroatoms. The molecule has 0 bridgehead atoms. The Bertz CT molecular complexity index is 1780. The Morgan fingerprint density at radius 2 is 1.76 bits per heavy atom. The molecular weight excluding hydrogens is 556 g/mol. The smallest absolute Gasteiger partial charge is 0.387 e. The first kappa shape index (κ1) is 27.8. The average molecular weight is 582 g/mol. The van der Waals surface area contributed by atoms with E-state index in [1.807, 2.05) is 38.1 Å². The molecule has 0 fully saturated rings. The third-order valence-corrected chi connectivity index (χ3v) is 6.90. The van der Waals surface area contributed by atoms with E-state index in [0.717, 1.165) is 17.5 Å². The second-order valence-electron chi connectivity index (χ2n) is 9.26. The molecular formula is C27H25F2N7O4S. The predicted molar refractivity (Wildman–Crippen MR) is 147 cm³/mol. The lowest BCUT2D eigenvalue weighted by molar-refractivity contribution is -0.0517. The molecule has 0 aliphatic rings. The quantitative estimate of drug-likeness (QED) is 0.248. The third-order valence-electron chi connectivity index (χ3n) is 5.78. The van der Waals surface area contributed by atoms with Gasteiger partial charge in [0.2, 0.25) is 11.8 Å². The normalized spacial score (nSPS) is 11.8. The predicted octanol–water partition coefficient (Wildman–Crippen LogP) is 4.68. The average Bonchev–Trinajstić information content (AvgIpc) is 3.46. The number of nitrogens with zero attached hydrogens (tertiary/aromatic N) is 6. The Balaban J connectivity index is 1.45. The van der Waals surface area contributed by atoms with E-state index in [2.05, 4.69) is 35.1 Å². The standard InChI is InChI=1S/C27H25F2N7O4S/c1-16(2)39-25-24-21(34-27(35-25)31-13-17-4-7-19(8-5-17)36-15-30-14-32-36)10-9-20(33-24)18-6-11-22(40-26(28)29)23(12-18)41(3,37)38/h4-12,14-16,26H,13H2,1-3H3,(H,31,34,35). The number of nitrogens with one attached hydrogen (secondary N) is 1. The lowest BCUT2D eigenvalue weighted by Crippen LogP contribution is -2.11. The van der Waals surface area contributed by atoms with Gasteiger partial charge in [-0.2, -0.15) is 18.9 Å². The van der Waals surface area contributed by atoms with Crippen LogP contribution >= 0.6 is 0 Å². The maximum absolute atomic E-state index is 12.8. The minimum absolute atomic E-state index is 0.224. The van der Waals surface area contributed by atoms with Crippen LogP contribution in [0.5, 0.6) is 11.6 Å². The lowest BCUT2D eigenvalue weighted by atomic mass is 10.1. The number of fused-ring (bicyclic) bond motifs is 1. The SMILES string of the molecule is CC(C)Oc1nc(NCc2ccc(-n3cncn3)cc2)nc2ccc(-c3ccc(OC(F)F)c(S(C)(=O)=O)c3)nc12. The lowest BCUT2D eigenvalue weighted by Gasteiger charge is -2.14. The Kier molecular flexibility index (Phi) is 7.75. The third kappa shape index (κ3) is 6.54. The van der Waals surface area contributed by atoms with Crippen molar-refractivity contribution in [1.82, 2.24) is 29.7 Å². The molecule has 2 aromatic carbocycles. The van der Waals surface area contributed by atoms with Crippen LogP contribution in [0.3, 0.4) is 0 Å². The number of alkyl halides is 2. The van der Waals surface area contributed by atoms with E-state index in [-0.39, 0.29) is 16.9 Å². The summed E-state index contributed by atoms with van der Waals surface area (Å²) in [6, 6.07) is 15.0. The second kappa shape index (κ2) is 11.4. The summed E-state index contributed by atoms with van der Waals surface area (Å²) < 4.78 is 62.2. The van der Waals surface area contributed by atoms with Crippen LogP contribution < -0.4 is 14.8 Å². The monoisotopic (exact) mass is 581 g/mol. The van der Waals surface area contributed by atoms with E-state index in [4.69, 9.17) is 4.74 Å². The van der Waals surface area contributed by atoms with E-state index in [1.54, 1.807) is 23.1 Å². The Labute approximate surface area is 234 Å². The molecule has 3 aromatic heterocycles. The highest BCUT2D eigenvalue weighted by molar-refractivity contribution is 7.90. The summed E-state index contributed by atoms with van der Waals surface area (Å²) in [5, 5.41) is 7.32. The van der Waals surface area contributed by atoms with Gasteiger partial charge in [-0.1, -0.05) is 12.1 Å². The van der Waals surface area contributed by atoms with Gasteiger partial charge in [-0.3, -0.25) is 0 Å². The van der Waals surface area contributed by atoms with Crippen LogP contribution in [0.4, 0.5) is 14.7 Å². The van der Waals surface area contributed by atoms with Crippen LogP contribution in [0.15, 0.2) is 72.1 Å². The van der Waals surface area contributed by atoms with Gasteiger partial charge in [0, 0.05) is 18.4 Å². The van der Waals surface area contributed by atoms with E-state index in [0.29, 0.717) is 34.8 Å². The molecule has 11 nitrogen and oxygen atoms in total. The number of ether oxygens (including phenoxy) is 2. The molecule has 0 aliphatic carbocycles. The highest BCUT2D eigenvalue weighted by Crippen LogP contribution is 2.32. The molecule has 41 heavy (non-hydrogen) atoms. The van der Waals surface area contributed by atoms with Crippen molar-refractivity contribution >= 4 is 26.8 Å². The van der Waals surface area contributed by atoms with E-state index in [1.165, 1.54) is 24.5 Å². The molecule has 0 atom stereocenters. The molecule has 0 aliphatic heterocycles. The first-order valence-corrected chi connectivity index (χ1v) is 14.3. The van der Waals surface area contributed by atoms with Gasteiger partial charge in [0.1, 0.15) is 23.3 Å². The molecule has 5 aromatic rings. The maximum Gasteiger partial charge on any atom is 0.387 e. The summed E-state index contributed by atoms with van der Waals surface area (Å²) in [7, 11) is -3.88. The molecule has 0 amide bonds. The van der Waals surface area contributed by atoms with Gasteiger partial charge in [-0.25, -0.2) is 28.1 Å². The fraction of sp³-hybridized carbons (Fsp3) is 0.222. The molecule has 0 saturated carbocycles. The molecule has 0 unspecified atom stereocenters. The Hall–Kier alpha value is -4.72. The van der Waals surface area contributed by atoms with Crippen LogP contribution in [-0.4, -0.2) is 57.1 Å². The van der Waals surface area contributed by atoms with Crippen molar-refractivity contribution < 1.29 is 26.7 Å². The van der Waals surface area contributed by atoms with Crippen LogP contribution in [0.1, 0.15) is 19.4 Å².